The summed E-state index contributed by atoms with van der Waals surface area (Å²) in [5, 5.41) is 7.73. The summed E-state index contributed by atoms with van der Waals surface area (Å²) >= 11 is 1.40. The molecule has 1 aliphatic rings. The van der Waals surface area contributed by atoms with E-state index in [0.29, 0.717) is 18.0 Å². The van der Waals surface area contributed by atoms with Crippen LogP contribution in [0.15, 0.2) is 24.4 Å². The summed E-state index contributed by atoms with van der Waals surface area (Å²) in [6.45, 7) is 1.97. The minimum atomic E-state index is 0.324. The van der Waals surface area contributed by atoms with Crippen LogP contribution < -0.4 is 16.4 Å². The average Bonchev–Trinajstić information content (AvgIpc) is 3.02. The van der Waals surface area contributed by atoms with Crippen LogP contribution in [0.4, 0.5) is 16.8 Å². The molecular formula is C17H21N7S. The van der Waals surface area contributed by atoms with Crippen LogP contribution in [0.2, 0.25) is 0 Å². The second kappa shape index (κ2) is 6.89. The number of nitrogens with one attached hydrogen (secondary N) is 2. The van der Waals surface area contributed by atoms with Crippen molar-refractivity contribution in [3.63, 3.8) is 0 Å². The molecule has 1 aliphatic carbocycles. The zero-order valence-electron chi connectivity index (χ0n) is 14.1. The van der Waals surface area contributed by atoms with Crippen LogP contribution in [-0.4, -0.2) is 31.4 Å². The van der Waals surface area contributed by atoms with Crippen LogP contribution in [0, 0.1) is 6.92 Å². The predicted octanol–water partition coefficient (Wildman–Crippen LogP) is 3.22. The summed E-state index contributed by atoms with van der Waals surface area (Å²) in [6, 6.07) is 6.52. The fraction of sp³-hybridized carbons (Fsp3) is 0.412. The van der Waals surface area contributed by atoms with Crippen molar-refractivity contribution in [3.05, 3.63) is 30.1 Å². The molecular weight excluding hydrogens is 334 g/mol. The number of anilines is 3. The number of aryl methyl sites for hydroxylation is 1. The molecule has 130 valence electrons. The molecule has 4 N–H and O–H groups in total. The lowest BCUT2D eigenvalue weighted by Gasteiger charge is -2.27. The quantitative estimate of drug-likeness (QED) is 0.660. The highest BCUT2D eigenvalue weighted by molar-refractivity contribution is 7.10. The highest BCUT2D eigenvalue weighted by atomic mass is 32.1. The van der Waals surface area contributed by atoms with E-state index in [1.54, 1.807) is 6.20 Å². The monoisotopic (exact) mass is 355 g/mol. The van der Waals surface area contributed by atoms with Crippen LogP contribution in [0.3, 0.4) is 0 Å². The summed E-state index contributed by atoms with van der Waals surface area (Å²) < 4.78 is 4.28. The minimum absolute atomic E-state index is 0.324. The van der Waals surface area contributed by atoms with Crippen LogP contribution in [0.1, 0.15) is 31.4 Å². The Morgan fingerprint density at radius 2 is 2.04 bits per heavy atom. The first-order valence-electron chi connectivity index (χ1n) is 8.52. The number of fused-ring (bicyclic) bond motifs is 1. The van der Waals surface area contributed by atoms with Crippen LogP contribution >= 0.6 is 11.5 Å². The van der Waals surface area contributed by atoms with Crippen molar-refractivity contribution in [2.75, 3.05) is 10.6 Å². The van der Waals surface area contributed by atoms with E-state index >= 15 is 0 Å². The molecule has 0 atom stereocenters. The lowest BCUT2D eigenvalue weighted by molar-refractivity contribution is 0.410. The van der Waals surface area contributed by atoms with Gasteiger partial charge in [-0.1, -0.05) is 0 Å². The van der Waals surface area contributed by atoms with Crippen molar-refractivity contribution in [1.82, 2.24) is 19.3 Å². The molecule has 0 amide bonds. The molecule has 0 radical (unpaired) electrons. The third-order valence-electron chi connectivity index (χ3n) is 4.43. The number of nitrogens with two attached hydrogens (primary N) is 1. The van der Waals surface area contributed by atoms with Gasteiger partial charge in [0.15, 0.2) is 5.82 Å². The van der Waals surface area contributed by atoms with Crippen LogP contribution in [0.25, 0.3) is 11.0 Å². The van der Waals surface area contributed by atoms with Gasteiger partial charge in [0.05, 0.1) is 11.2 Å². The minimum Gasteiger partial charge on any atom is -0.365 e. The number of rotatable bonds is 4. The zero-order valence-corrected chi connectivity index (χ0v) is 14.9. The van der Waals surface area contributed by atoms with E-state index in [1.165, 1.54) is 11.5 Å². The average molecular weight is 355 g/mol. The Morgan fingerprint density at radius 3 is 2.80 bits per heavy atom. The largest absolute Gasteiger partial charge is 0.365 e. The number of hydrogen-bond donors (Lipinski definition) is 3. The smallest absolute Gasteiger partial charge is 0.230 e. The lowest BCUT2D eigenvalue weighted by atomic mass is 9.92. The summed E-state index contributed by atoms with van der Waals surface area (Å²) in [4.78, 5) is 13.7. The number of hydrogen-bond acceptors (Lipinski definition) is 8. The van der Waals surface area contributed by atoms with Crippen molar-refractivity contribution in [2.45, 2.75) is 44.7 Å². The topological polar surface area (TPSA) is 102 Å². The van der Waals surface area contributed by atoms with Gasteiger partial charge in [0.25, 0.3) is 0 Å². The van der Waals surface area contributed by atoms with Gasteiger partial charge in [0.1, 0.15) is 10.5 Å². The van der Waals surface area contributed by atoms with Gasteiger partial charge in [-0.05, 0) is 62.3 Å². The third kappa shape index (κ3) is 3.69. The van der Waals surface area contributed by atoms with E-state index in [1.807, 2.05) is 25.1 Å². The molecule has 3 heterocycles. The van der Waals surface area contributed by atoms with Gasteiger partial charge in [0, 0.05) is 18.3 Å². The molecule has 4 rings (SSSR count). The zero-order chi connectivity index (χ0) is 17.2. The first-order valence-corrected chi connectivity index (χ1v) is 9.30. The van der Waals surface area contributed by atoms with Crippen LogP contribution in [0.5, 0.6) is 0 Å². The Bertz CT molecular complexity index is 870. The fourth-order valence-electron chi connectivity index (χ4n) is 3.11. The maximum absolute atomic E-state index is 6.01. The van der Waals surface area contributed by atoms with Gasteiger partial charge in [-0.15, -0.1) is 0 Å². The summed E-state index contributed by atoms with van der Waals surface area (Å²) in [5.41, 5.74) is 8.60. The van der Waals surface area contributed by atoms with E-state index in [0.717, 1.165) is 53.2 Å². The number of nitrogens with zero attached hydrogens (tertiary/aromatic N) is 4. The van der Waals surface area contributed by atoms with E-state index in [9.17, 15) is 0 Å². The van der Waals surface area contributed by atoms with Crippen LogP contribution in [-0.2, 0) is 0 Å². The molecule has 25 heavy (non-hydrogen) atoms. The SMILES string of the molecule is Cc1cc(Nc2nc(NC3CCC(N)CC3)c3ncccc3n2)sn1. The molecule has 0 spiro atoms. The first kappa shape index (κ1) is 16.2. The Balaban J connectivity index is 1.64. The van der Waals surface area contributed by atoms with Crippen molar-refractivity contribution < 1.29 is 0 Å². The fourth-order valence-corrected chi connectivity index (χ4v) is 3.77. The molecule has 1 fully saturated rings. The highest BCUT2D eigenvalue weighted by Gasteiger charge is 2.20. The highest BCUT2D eigenvalue weighted by Crippen LogP contribution is 2.27. The van der Waals surface area contributed by atoms with Crippen molar-refractivity contribution in [2.24, 2.45) is 5.73 Å². The van der Waals surface area contributed by atoms with E-state index in [4.69, 9.17) is 5.73 Å². The number of pyridine rings is 1. The molecule has 0 unspecified atom stereocenters. The molecule has 0 saturated heterocycles. The molecule has 3 aromatic rings. The molecule has 0 bridgehead atoms. The lowest BCUT2D eigenvalue weighted by Crippen LogP contribution is -2.33. The van der Waals surface area contributed by atoms with Gasteiger partial charge in [-0.25, -0.2) is 4.98 Å². The van der Waals surface area contributed by atoms with Gasteiger partial charge in [-0.2, -0.15) is 9.36 Å². The van der Waals surface area contributed by atoms with Gasteiger partial charge in [-0.3, -0.25) is 4.98 Å². The second-order valence-corrected chi connectivity index (χ2v) is 7.29. The van der Waals surface area contributed by atoms with Crippen molar-refractivity contribution in [1.29, 1.82) is 0 Å². The maximum Gasteiger partial charge on any atom is 0.230 e. The summed E-state index contributed by atoms with van der Waals surface area (Å²) in [6.07, 6.45) is 5.96. The number of aromatic nitrogens is 4. The summed E-state index contributed by atoms with van der Waals surface area (Å²) in [5.74, 6) is 1.33. The van der Waals surface area contributed by atoms with E-state index in [2.05, 4.69) is 30.0 Å². The Labute approximate surface area is 150 Å². The Morgan fingerprint density at radius 1 is 1.20 bits per heavy atom. The second-order valence-electron chi connectivity index (χ2n) is 6.48. The van der Waals surface area contributed by atoms with Gasteiger partial charge < -0.3 is 16.4 Å². The molecule has 0 aromatic carbocycles. The third-order valence-corrected chi connectivity index (χ3v) is 5.23. The van der Waals surface area contributed by atoms with Crippen molar-refractivity contribution in [3.8, 4) is 0 Å². The maximum atomic E-state index is 6.01. The van der Waals surface area contributed by atoms with Gasteiger partial charge in [0.2, 0.25) is 5.95 Å². The van der Waals surface area contributed by atoms with Crippen molar-refractivity contribution >= 4 is 39.3 Å². The Hall–Kier alpha value is -2.32. The molecule has 0 aliphatic heterocycles. The van der Waals surface area contributed by atoms with E-state index in [-0.39, 0.29) is 0 Å². The molecule has 3 aromatic heterocycles. The van der Waals surface area contributed by atoms with E-state index < -0.39 is 0 Å². The Kier molecular flexibility index (Phi) is 4.46. The summed E-state index contributed by atoms with van der Waals surface area (Å²) in [7, 11) is 0. The normalized spacial score (nSPS) is 20.6. The standard InChI is InChI=1S/C17H21N7S/c1-10-9-14(25-24-10)22-17-21-13-3-2-8-19-15(13)16(23-17)20-12-6-4-11(18)5-7-12/h2-3,8-9,11-12H,4-7,18H2,1H3,(H2,20,21,22,23). The molecule has 8 heteroatoms. The molecule has 7 nitrogen and oxygen atoms in total. The predicted molar refractivity (Wildman–Crippen MR) is 101 cm³/mol. The molecule has 1 saturated carbocycles. The first-order chi connectivity index (χ1) is 12.2. The van der Waals surface area contributed by atoms with Gasteiger partial charge >= 0.3 is 0 Å².